The summed E-state index contributed by atoms with van der Waals surface area (Å²) in [6, 6.07) is 1.97. The number of ether oxygens (including phenoxy) is 1. The number of rotatable bonds is 5. The van der Waals surface area contributed by atoms with Crippen molar-refractivity contribution in [3.8, 4) is 0 Å². The van der Waals surface area contributed by atoms with Crippen LogP contribution in [0.3, 0.4) is 0 Å². The van der Waals surface area contributed by atoms with Gasteiger partial charge in [0.2, 0.25) is 5.91 Å². The molecule has 0 aromatic rings. The van der Waals surface area contributed by atoms with E-state index in [0.717, 1.165) is 25.7 Å². The van der Waals surface area contributed by atoms with E-state index in [1.54, 1.807) is 7.11 Å². The van der Waals surface area contributed by atoms with Crippen molar-refractivity contribution >= 4 is 5.91 Å². The molecule has 2 heterocycles. The summed E-state index contributed by atoms with van der Waals surface area (Å²) < 4.78 is 5.64. The van der Waals surface area contributed by atoms with Crippen molar-refractivity contribution in [2.75, 3.05) is 7.11 Å². The standard InChI is InChI=1S/C26H42N2O2/c1-17-18(2)24(30-5)12-11-23(17)19(3)28-21-9-10-22(28)16-20(15-21)27-25(29)26(4)13-7-6-8-14-26/h11-12,18-22,24H,6-10,13-16H2,1-5H3,(H,27,29). The van der Waals surface area contributed by atoms with Crippen LogP contribution in [0.15, 0.2) is 23.3 Å². The van der Waals surface area contributed by atoms with Crippen LogP contribution in [0.4, 0.5) is 0 Å². The number of piperidine rings is 1. The molecule has 0 aromatic heterocycles. The van der Waals surface area contributed by atoms with Gasteiger partial charge in [0.1, 0.15) is 0 Å². The van der Waals surface area contributed by atoms with Gasteiger partial charge in [0.05, 0.1) is 6.10 Å². The summed E-state index contributed by atoms with van der Waals surface area (Å²) in [6.45, 7) is 9.14. The zero-order valence-electron chi connectivity index (χ0n) is 19.7. The minimum Gasteiger partial charge on any atom is -0.377 e. The van der Waals surface area contributed by atoms with E-state index in [-0.39, 0.29) is 11.5 Å². The summed E-state index contributed by atoms with van der Waals surface area (Å²) in [5, 5.41) is 3.49. The summed E-state index contributed by atoms with van der Waals surface area (Å²) in [5.74, 6) is 0.754. The Morgan fingerprint density at radius 2 is 1.83 bits per heavy atom. The topological polar surface area (TPSA) is 41.6 Å². The van der Waals surface area contributed by atoms with Gasteiger partial charge in [-0.15, -0.1) is 0 Å². The van der Waals surface area contributed by atoms with Crippen LogP contribution in [0.1, 0.15) is 85.5 Å². The quantitative estimate of drug-likeness (QED) is 0.689. The number of hydrogen-bond acceptors (Lipinski definition) is 3. The Labute approximate surface area is 183 Å². The molecule has 4 heteroatoms. The smallest absolute Gasteiger partial charge is 0.226 e. The Kier molecular flexibility index (Phi) is 6.46. The zero-order chi connectivity index (χ0) is 21.5. The number of amides is 1. The highest BCUT2D eigenvalue weighted by Gasteiger charge is 2.45. The van der Waals surface area contributed by atoms with Gasteiger partial charge in [0.15, 0.2) is 0 Å². The van der Waals surface area contributed by atoms with Crippen molar-refractivity contribution < 1.29 is 9.53 Å². The fourth-order valence-corrected chi connectivity index (χ4v) is 6.80. The number of hydrogen-bond donors (Lipinski definition) is 1. The zero-order valence-corrected chi connectivity index (χ0v) is 19.7. The molecule has 0 aromatic carbocycles. The molecular formula is C26H42N2O2. The van der Waals surface area contributed by atoms with E-state index in [1.807, 2.05) is 0 Å². The molecule has 4 rings (SSSR count). The maximum atomic E-state index is 13.1. The minimum absolute atomic E-state index is 0.134. The first-order valence-corrected chi connectivity index (χ1v) is 12.3. The molecule has 1 N–H and O–H groups in total. The van der Waals surface area contributed by atoms with Gasteiger partial charge in [-0.3, -0.25) is 9.69 Å². The normalized spacial score (nSPS) is 37.3. The largest absolute Gasteiger partial charge is 0.377 e. The molecule has 2 saturated heterocycles. The number of nitrogens with one attached hydrogen (secondary N) is 1. The van der Waals surface area contributed by atoms with Crippen LogP contribution in [0.2, 0.25) is 0 Å². The predicted molar refractivity (Wildman–Crippen MR) is 122 cm³/mol. The van der Waals surface area contributed by atoms with E-state index in [2.05, 4.69) is 50.1 Å². The molecule has 3 fully saturated rings. The first-order valence-electron chi connectivity index (χ1n) is 12.3. The number of carbonyl (C=O) groups is 1. The first kappa shape index (κ1) is 22.1. The second-order valence-electron chi connectivity index (χ2n) is 10.8. The molecule has 2 aliphatic carbocycles. The van der Waals surface area contributed by atoms with Crippen molar-refractivity contribution in [3.05, 3.63) is 23.3 Å². The molecule has 168 valence electrons. The minimum atomic E-state index is -0.134. The van der Waals surface area contributed by atoms with E-state index in [9.17, 15) is 4.79 Å². The Morgan fingerprint density at radius 3 is 2.43 bits per heavy atom. The molecule has 1 amide bonds. The lowest BCUT2D eigenvalue weighted by Gasteiger charge is -2.45. The van der Waals surface area contributed by atoms with Gasteiger partial charge in [0.25, 0.3) is 0 Å². The van der Waals surface area contributed by atoms with Crippen LogP contribution in [0.5, 0.6) is 0 Å². The fraction of sp³-hybridized carbons (Fsp3) is 0.808. The van der Waals surface area contributed by atoms with Gasteiger partial charge in [-0.1, -0.05) is 50.8 Å². The lowest BCUT2D eigenvalue weighted by atomic mass is 9.74. The van der Waals surface area contributed by atoms with E-state index < -0.39 is 0 Å². The van der Waals surface area contributed by atoms with Crippen LogP contribution in [0.25, 0.3) is 0 Å². The van der Waals surface area contributed by atoms with Crippen molar-refractivity contribution in [3.63, 3.8) is 0 Å². The molecule has 4 nitrogen and oxygen atoms in total. The molecular weight excluding hydrogens is 372 g/mol. The van der Waals surface area contributed by atoms with Crippen LogP contribution in [0, 0.1) is 11.3 Å². The average molecular weight is 415 g/mol. The van der Waals surface area contributed by atoms with Crippen LogP contribution in [-0.4, -0.2) is 48.2 Å². The summed E-state index contributed by atoms with van der Waals surface area (Å²) in [7, 11) is 1.81. The maximum Gasteiger partial charge on any atom is 0.226 e. The van der Waals surface area contributed by atoms with Gasteiger partial charge < -0.3 is 10.1 Å². The van der Waals surface area contributed by atoms with Gasteiger partial charge in [0, 0.05) is 42.6 Å². The van der Waals surface area contributed by atoms with Gasteiger partial charge in [-0.05, 0) is 57.9 Å². The third kappa shape index (κ3) is 4.02. The van der Waals surface area contributed by atoms with Crippen molar-refractivity contribution in [2.45, 2.75) is 116 Å². The van der Waals surface area contributed by atoms with Gasteiger partial charge in [-0.2, -0.15) is 0 Å². The predicted octanol–water partition coefficient (Wildman–Crippen LogP) is 4.99. The Morgan fingerprint density at radius 1 is 1.20 bits per heavy atom. The molecule has 30 heavy (non-hydrogen) atoms. The van der Waals surface area contributed by atoms with Gasteiger partial charge >= 0.3 is 0 Å². The molecule has 2 aliphatic heterocycles. The molecule has 4 aliphatic rings. The highest BCUT2D eigenvalue weighted by atomic mass is 16.5. The summed E-state index contributed by atoms with van der Waals surface area (Å²) >= 11 is 0. The maximum absolute atomic E-state index is 13.1. The van der Waals surface area contributed by atoms with Crippen molar-refractivity contribution in [2.24, 2.45) is 11.3 Å². The van der Waals surface area contributed by atoms with E-state index in [4.69, 9.17) is 4.74 Å². The second-order valence-corrected chi connectivity index (χ2v) is 10.8. The molecule has 2 bridgehead atoms. The molecule has 0 spiro atoms. The highest BCUT2D eigenvalue weighted by Crippen LogP contribution is 2.42. The average Bonchev–Trinajstić information content (AvgIpc) is 3.00. The van der Waals surface area contributed by atoms with Crippen LogP contribution >= 0.6 is 0 Å². The third-order valence-corrected chi connectivity index (χ3v) is 8.90. The van der Waals surface area contributed by atoms with Gasteiger partial charge in [-0.25, -0.2) is 0 Å². The second kappa shape index (κ2) is 8.78. The lowest BCUT2D eigenvalue weighted by Crippen LogP contribution is -2.55. The fourth-order valence-electron chi connectivity index (χ4n) is 6.80. The van der Waals surface area contributed by atoms with Crippen molar-refractivity contribution in [1.82, 2.24) is 10.2 Å². The number of nitrogens with zero attached hydrogens (tertiary/aromatic N) is 1. The summed E-state index contributed by atoms with van der Waals surface area (Å²) in [5.41, 5.74) is 2.81. The Balaban J connectivity index is 1.41. The number of carbonyl (C=O) groups excluding carboxylic acids is 1. The third-order valence-electron chi connectivity index (χ3n) is 8.90. The Bertz CT molecular complexity index is 692. The van der Waals surface area contributed by atoms with E-state index in [0.29, 0.717) is 36.0 Å². The Hall–Kier alpha value is -1.13. The lowest BCUT2D eigenvalue weighted by molar-refractivity contribution is -0.133. The van der Waals surface area contributed by atoms with Crippen LogP contribution < -0.4 is 5.32 Å². The molecule has 1 saturated carbocycles. The van der Waals surface area contributed by atoms with Crippen molar-refractivity contribution in [1.29, 1.82) is 0 Å². The molecule has 0 radical (unpaired) electrons. The number of fused-ring (bicyclic) bond motifs is 2. The monoisotopic (exact) mass is 414 g/mol. The van der Waals surface area contributed by atoms with E-state index >= 15 is 0 Å². The SMILES string of the molecule is COC1C=CC(C(C)N2C3CCC2CC(NC(=O)C2(C)CCCCC2)C3)=C(C)C1C. The van der Waals surface area contributed by atoms with E-state index in [1.165, 1.54) is 43.3 Å². The molecule has 5 atom stereocenters. The van der Waals surface area contributed by atoms with Crippen LogP contribution in [-0.2, 0) is 9.53 Å². The highest BCUT2D eigenvalue weighted by molar-refractivity contribution is 5.82. The summed E-state index contributed by atoms with van der Waals surface area (Å²) in [6.07, 6.45) is 15.3. The first-order chi connectivity index (χ1) is 14.3. The number of methoxy groups -OCH3 is 1. The summed E-state index contributed by atoms with van der Waals surface area (Å²) in [4.78, 5) is 15.8. The molecule has 5 unspecified atom stereocenters.